The summed E-state index contributed by atoms with van der Waals surface area (Å²) in [7, 11) is 0. The van der Waals surface area contributed by atoms with E-state index in [1.165, 1.54) is 13.8 Å². The lowest BCUT2D eigenvalue weighted by atomic mass is 10.0. The number of carbonyl (C=O) groups is 6. The highest BCUT2D eigenvalue weighted by molar-refractivity contribution is 7.28. The molecule has 3 aliphatic rings. The van der Waals surface area contributed by atoms with Crippen molar-refractivity contribution in [2.24, 2.45) is 0 Å². The number of fused-ring (bicyclic) bond motifs is 3. The Morgan fingerprint density at radius 3 is 0.974 bits per heavy atom. The van der Waals surface area contributed by atoms with Crippen LogP contribution in [0, 0.1) is 13.8 Å². The first-order chi connectivity index (χ1) is 17.5. The van der Waals surface area contributed by atoms with Crippen LogP contribution in [0.5, 0.6) is 0 Å². The Balaban J connectivity index is 1.63. The molecule has 0 bridgehead atoms. The SMILES string of the molecule is Cc1c(-c2sc(-c3sc4c(c3C)C(=O)C(F)(F)C4=O)c3c2C(=O)C(F)(F)C3=O)sc2c1C(=O)C(F)(F)C2=O. The third kappa shape index (κ3) is 2.59. The number of alkyl halides is 6. The molecule has 15 heteroatoms. The van der Waals surface area contributed by atoms with E-state index in [4.69, 9.17) is 0 Å². The molecule has 194 valence electrons. The van der Waals surface area contributed by atoms with Crippen LogP contribution in [0.15, 0.2) is 0 Å². The van der Waals surface area contributed by atoms with Gasteiger partial charge in [0.1, 0.15) is 0 Å². The molecule has 6 nitrogen and oxygen atoms in total. The number of ketones is 6. The molecule has 0 fully saturated rings. The van der Waals surface area contributed by atoms with Gasteiger partial charge < -0.3 is 0 Å². The monoisotopic (exact) mass is 588 g/mol. The Labute approximate surface area is 217 Å². The molecule has 0 unspecified atom stereocenters. The van der Waals surface area contributed by atoms with Crippen LogP contribution < -0.4 is 0 Å². The second-order valence-corrected chi connectivity index (χ2v) is 11.8. The minimum absolute atomic E-state index is 0.154. The van der Waals surface area contributed by atoms with E-state index in [1.807, 2.05) is 0 Å². The Bertz CT molecular complexity index is 1660. The van der Waals surface area contributed by atoms with Crippen molar-refractivity contribution in [1.82, 2.24) is 0 Å². The zero-order valence-corrected chi connectivity index (χ0v) is 20.9. The van der Waals surface area contributed by atoms with Crippen molar-refractivity contribution in [1.29, 1.82) is 0 Å². The van der Waals surface area contributed by atoms with E-state index in [0.29, 0.717) is 34.0 Å². The topological polar surface area (TPSA) is 102 Å². The summed E-state index contributed by atoms with van der Waals surface area (Å²) < 4.78 is 85.2. The Kier molecular flexibility index (Phi) is 4.61. The molecular formula is C23H6F6O6S3. The van der Waals surface area contributed by atoms with Crippen molar-refractivity contribution < 1.29 is 55.1 Å². The molecule has 0 amide bonds. The predicted molar refractivity (Wildman–Crippen MR) is 121 cm³/mol. The zero-order chi connectivity index (χ0) is 28.0. The Morgan fingerprint density at radius 2 is 0.658 bits per heavy atom. The molecule has 0 spiro atoms. The van der Waals surface area contributed by atoms with Crippen molar-refractivity contribution in [3.05, 3.63) is 43.1 Å². The fourth-order valence-electron chi connectivity index (χ4n) is 4.73. The number of halogens is 6. The van der Waals surface area contributed by atoms with Gasteiger partial charge in [0.25, 0.3) is 11.6 Å². The molecule has 3 aromatic rings. The molecule has 0 N–H and O–H groups in total. The Morgan fingerprint density at radius 1 is 0.395 bits per heavy atom. The molecule has 6 rings (SSSR count). The quantitative estimate of drug-likeness (QED) is 0.274. The lowest BCUT2D eigenvalue weighted by Crippen LogP contribution is -2.31. The van der Waals surface area contributed by atoms with Crippen LogP contribution in [0.1, 0.15) is 71.9 Å². The maximum absolute atomic E-state index is 14.6. The van der Waals surface area contributed by atoms with Crippen LogP contribution in [-0.2, 0) is 0 Å². The largest absolute Gasteiger partial charge is 0.372 e. The van der Waals surface area contributed by atoms with Crippen molar-refractivity contribution in [2.45, 2.75) is 31.6 Å². The number of Topliss-reactive ketones (excluding diaryl/α,β-unsaturated/α-hetero) is 6. The number of hydrogen-bond donors (Lipinski definition) is 0. The van der Waals surface area contributed by atoms with Gasteiger partial charge in [-0.25, -0.2) is 0 Å². The number of carbonyl (C=O) groups excluding carboxylic acids is 6. The zero-order valence-electron chi connectivity index (χ0n) is 18.4. The van der Waals surface area contributed by atoms with Crippen molar-refractivity contribution in [3.63, 3.8) is 0 Å². The van der Waals surface area contributed by atoms with E-state index in [2.05, 4.69) is 0 Å². The maximum Gasteiger partial charge on any atom is 0.372 e. The summed E-state index contributed by atoms with van der Waals surface area (Å²) in [6.07, 6.45) is 0. The van der Waals surface area contributed by atoms with Crippen LogP contribution in [0.3, 0.4) is 0 Å². The Hall–Kier alpha value is -3.30. The van der Waals surface area contributed by atoms with Gasteiger partial charge in [0.2, 0.25) is 23.1 Å². The molecular weight excluding hydrogens is 582 g/mol. The van der Waals surface area contributed by atoms with E-state index >= 15 is 0 Å². The normalized spacial score (nSPS) is 20.5. The van der Waals surface area contributed by atoms with Gasteiger partial charge in [-0.2, -0.15) is 26.3 Å². The molecule has 3 aromatic heterocycles. The molecule has 3 aliphatic carbocycles. The van der Waals surface area contributed by atoms with E-state index in [-0.39, 0.29) is 30.6 Å². The van der Waals surface area contributed by atoms with Crippen LogP contribution in [0.4, 0.5) is 26.3 Å². The van der Waals surface area contributed by atoms with Crippen molar-refractivity contribution in [3.8, 4) is 19.5 Å². The lowest BCUT2D eigenvalue weighted by molar-refractivity contribution is 0.0187. The summed E-state index contributed by atoms with van der Waals surface area (Å²) in [5, 5.41) is 0. The van der Waals surface area contributed by atoms with Gasteiger partial charge in [0.15, 0.2) is 0 Å². The molecule has 0 atom stereocenters. The number of thiophene rings is 3. The van der Waals surface area contributed by atoms with Gasteiger partial charge in [-0.3, -0.25) is 28.8 Å². The number of hydrogen-bond acceptors (Lipinski definition) is 9. The second-order valence-electron chi connectivity index (χ2n) is 8.73. The standard InChI is InChI=1S/C23H6F6O6S3/c1-3-5-13(19(34)22(26,27)15(5)30)36-9(3)11-7-8(18(33)21(24,25)17(7)32)12(38-11)10-4(2)6-14(37-10)20(35)23(28,29)16(6)31/h1-2H3. The van der Waals surface area contributed by atoms with Crippen molar-refractivity contribution in [2.75, 3.05) is 0 Å². The minimum atomic E-state index is -4.51. The smallest absolute Gasteiger partial charge is 0.287 e. The maximum atomic E-state index is 14.6. The van der Waals surface area contributed by atoms with Gasteiger partial charge in [-0.1, -0.05) is 0 Å². The van der Waals surface area contributed by atoms with Gasteiger partial charge in [-0.05, 0) is 25.0 Å². The molecule has 0 radical (unpaired) electrons. The molecule has 0 saturated heterocycles. The summed E-state index contributed by atoms with van der Waals surface area (Å²) in [6, 6.07) is 0. The molecule has 3 heterocycles. The number of rotatable bonds is 2. The minimum Gasteiger partial charge on any atom is -0.287 e. The highest BCUT2D eigenvalue weighted by Gasteiger charge is 2.61. The fraction of sp³-hybridized carbons (Fsp3) is 0.217. The van der Waals surface area contributed by atoms with E-state index in [9.17, 15) is 55.1 Å². The van der Waals surface area contributed by atoms with Crippen molar-refractivity contribution >= 4 is 68.7 Å². The van der Waals surface area contributed by atoms with E-state index in [1.54, 1.807) is 0 Å². The molecule has 0 aliphatic heterocycles. The molecule has 0 saturated carbocycles. The van der Waals surface area contributed by atoms with Crippen LogP contribution in [0.2, 0.25) is 0 Å². The van der Waals surface area contributed by atoms with Crippen LogP contribution in [0.25, 0.3) is 19.5 Å². The third-order valence-corrected chi connectivity index (χ3v) is 10.7. The van der Waals surface area contributed by atoms with Crippen LogP contribution >= 0.6 is 34.0 Å². The summed E-state index contributed by atoms with van der Waals surface area (Å²) in [6.45, 7) is 2.35. The van der Waals surface area contributed by atoms with E-state index < -0.39 is 84.5 Å². The summed E-state index contributed by atoms with van der Waals surface area (Å²) in [4.78, 5) is 71.8. The molecule has 0 aromatic carbocycles. The van der Waals surface area contributed by atoms with Gasteiger partial charge in [-0.15, -0.1) is 34.0 Å². The summed E-state index contributed by atoms with van der Waals surface area (Å²) >= 11 is 1.29. The van der Waals surface area contributed by atoms with E-state index in [0.717, 1.165) is 0 Å². The third-order valence-electron chi connectivity index (χ3n) is 6.65. The first kappa shape index (κ1) is 25.0. The van der Waals surface area contributed by atoms with Gasteiger partial charge in [0.05, 0.1) is 30.6 Å². The van der Waals surface area contributed by atoms with Gasteiger partial charge >= 0.3 is 17.8 Å². The fourth-order valence-corrected chi connectivity index (χ4v) is 8.97. The average Bonchev–Trinajstić information content (AvgIpc) is 3.59. The predicted octanol–water partition coefficient (Wildman–Crippen LogP) is 5.86. The summed E-state index contributed by atoms with van der Waals surface area (Å²) in [5.41, 5.74) is -3.21. The highest BCUT2D eigenvalue weighted by atomic mass is 32.1. The first-order valence-corrected chi connectivity index (χ1v) is 12.8. The highest BCUT2D eigenvalue weighted by Crippen LogP contribution is 2.56. The van der Waals surface area contributed by atoms with Crippen LogP contribution in [-0.4, -0.2) is 52.5 Å². The first-order valence-electron chi connectivity index (χ1n) is 10.3. The summed E-state index contributed by atoms with van der Waals surface area (Å²) in [5.74, 6) is -24.1. The van der Waals surface area contributed by atoms with Gasteiger partial charge in [0, 0.05) is 20.9 Å². The lowest BCUT2D eigenvalue weighted by Gasteiger charge is -2.08. The second kappa shape index (κ2) is 7.01. The average molecular weight is 588 g/mol. The molecule has 38 heavy (non-hydrogen) atoms.